The molecular formula is C30H39Br2ClN4O4S. The molecule has 2 fully saturated rings. The molecule has 3 aliphatic carbocycles. The van der Waals surface area contributed by atoms with E-state index in [1.807, 2.05) is 21.0 Å². The highest BCUT2D eigenvalue weighted by atomic mass is 79.9. The SMILES string of the molecule is CO/N=C1/C[C@@H](CCC(=O)Nc2ncc(C)s2)C2C3CCc4c(cc(Br)c(OC(=O)CN(C)C)c4Br)C3CC[C@]12C.Cl. The van der Waals surface area contributed by atoms with Crippen molar-refractivity contribution in [1.82, 2.24) is 9.88 Å². The molecule has 0 radical (unpaired) electrons. The summed E-state index contributed by atoms with van der Waals surface area (Å²) in [5.74, 6) is 1.92. The summed E-state index contributed by atoms with van der Waals surface area (Å²) in [6.45, 7) is 4.56. The third-order valence-electron chi connectivity index (χ3n) is 9.22. The number of carbonyl (C=O) groups is 2. The van der Waals surface area contributed by atoms with Crippen LogP contribution < -0.4 is 10.1 Å². The standard InChI is InChI=1S/C30H38Br2N4O4S.ClH/c1-16-14-33-29(41-16)34-24(37)9-6-17-12-23(35-39-5)30(2)11-10-18-19(26(17)30)7-8-20-21(18)13-22(31)28(27(20)32)40-25(38)15-36(3)4;/h13-14,17-19,26H,6-12,15H2,1-5H3,(H,33,34,37);1H/b35-23-;/t17-,18?,19?,26?,30-;/m1./s1. The topological polar surface area (TPSA) is 93.1 Å². The van der Waals surface area contributed by atoms with E-state index in [9.17, 15) is 9.59 Å². The molecule has 2 aromatic rings. The van der Waals surface area contributed by atoms with Crippen molar-refractivity contribution < 1.29 is 19.2 Å². The Balaban J connectivity index is 0.00000405. The molecular weight excluding hydrogens is 708 g/mol. The van der Waals surface area contributed by atoms with E-state index in [1.54, 1.807) is 18.2 Å². The second-order valence-corrected chi connectivity index (χ2v) is 15.0. The average molecular weight is 747 g/mol. The van der Waals surface area contributed by atoms with E-state index in [2.05, 4.69) is 60.3 Å². The first-order valence-corrected chi connectivity index (χ1v) is 16.6. The second kappa shape index (κ2) is 13.6. The van der Waals surface area contributed by atoms with Crippen molar-refractivity contribution in [3.05, 3.63) is 37.2 Å². The van der Waals surface area contributed by atoms with Crippen LogP contribution in [-0.4, -0.2) is 55.2 Å². The van der Waals surface area contributed by atoms with Gasteiger partial charge in [0.1, 0.15) is 7.11 Å². The van der Waals surface area contributed by atoms with Gasteiger partial charge in [-0.25, -0.2) is 4.98 Å². The molecule has 1 aromatic heterocycles. The van der Waals surface area contributed by atoms with E-state index in [-0.39, 0.29) is 36.2 Å². The Morgan fingerprint density at radius 1 is 1.29 bits per heavy atom. The monoisotopic (exact) mass is 744 g/mol. The number of oxime groups is 1. The number of aryl methyl sites for hydroxylation is 1. The molecule has 1 aromatic carbocycles. The number of nitrogens with one attached hydrogen (secondary N) is 1. The Bertz CT molecular complexity index is 1370. The van der Waals surface area contributed by atoms with E-state index in [1.165, 1.54) is 22.5 Å². The number of amides is 1. The maximum absolute atomic E-state index is 12.9. The largest absolute Gasteiger partial charge is 0.423 e. The fraction of sp³-hybridized carbons (Fsp3) is 0.600. The maximum atomic E-state index is 12.9. The highest BCUT2D eigenvalue weighted by Gasteiger charge is 2.58. The predicted octanol–water partition coefficient (Wildman–Crippen LogP) is 7.37. The minimum Gasteiger partial charge on any atom is -0.423 e. The van der Waals surface area contributed by atoms with E-state index < -0.39 is 0 Å². The summed E-state index contributed by atoms with van der Waals surface area (Å²) in [5.41, 5.74) is 3.67. The van der Waals surface area contributed by atoms with Gasteiger partial charge in [0.2, 0.25) is 5.91 Å². The van der Waals surface area contributed by atoms with Crippen molar-refractivity contribution in [2.75, 3.05) is 33.1 Å². The molecule has 0 saturated heterocycles. The molecule has 2 saturated carbocycles. The third kappa shape index (κ3) is 6.60. The number of fused-ring (bicyclic) bond motifs is 5. The molecule has 0 bridgehead atoms. The van der Waals surface area contributed by atoms with Crippen LogP contribution in [0.2, 0.25) is 0 Å². The van der Waals surface area contributed by atoms with Crippen LogP contribution in [0.1, 0.15) is 67.4 Å². The highest BCUT2D eigenvalue weighted by Crippen LogP contribution is 2.63. The maximum Gasteiger partial charge on any atom is 0.325 e. The molecule has 5 rings (SSSR count). The highest BCUT2D eigenvalue weighted by molar-refractivity contribution is 9.11. The van der Waals surface area contributed by atoms with Crippen molar-refractivity contribution in [3.8, 4) is 5.75 Å². The minimum absolute atomic E-state index is 0. The van der Waals surface area contributed by atoms with E-state index in [4.69, 9.17) is 9.57 Å². The molecule has 1 amide bonds. The Kier molecular flexibility index (Phi) is 10.8. The van der Waals surface area contributed by atoms with Gasteiger partial charge in [-0.15, -0.1) is 23.7 Å². The second-order valence-electron chi connectivity index (χ2n) is 12.1. The van der Waals surface area contributed by atoms with Crippen molar-refractivity contribution in [2.45, 2.75) is 64.7 Å². The Labute approximate surface area is 275 Å². The number of halogens is 3. The summed E-state index contributed by atoms with van der Waals surface area (Å²) in [6.07, 6.45) is 7.95. The molecule has 0 aliphatic heterocycles. The molecule has 5 atom stereocenters. The van der Waals surface area contributed by atoms with Crippen LogP contribution in [0.3, 0.4) is 0 Å². The number of nitrogens with zero attached hydrogens (tertiary/aromatic N) is 3. The predicted molar refractivity (Wildman–Crippen MR) is 176 cm³/mol. The summed E-state index contributed by atoms with van der Waals surface area (Å²) < 4.78 is 7.45. The lowest BCUT2D eigenvalue weighted by Gasteiger charge is -2.50. The van der Waals surface area contributed by atoms with Crippen LogP contribution in [0.5, 0.6) is 5.75 Å². The van der Waals surface area contributed by atoms with E-state index >= 15 is 0 Å². The lowest BCUT2D eigenvalue weighted by molar-refractivity contribution is -0.135. The molecule has 0 spiro atoms. The van der Waals surface area contributed by atoms with Gasteiger partial charge in [0, 0.05) is 22.9 Å². The van der Waals surface area contributed by atoms with Crippen molar-refractivity contribution in [2.24, 2.45) is 28.3 Å². The van der Waals surface area contributed by atoms with Crippen LogP contribution in [-0.2, 0) is 20.8 Å². The number of anilines is 1. The number of benzene rings is 1. The molecule has 1 N–H and O–H groups in total. The summed E-state index contributed by atoms with van der Waals surface area (Å²) in [5, 5.41) is 8.18. The zero-order valence-electron chi connectivity index (χ0n) is 24.7. The zero-order chi connectivity index (χ0) is 29.5. The lowest BCUT2D eigenvalue weighted by atomic mass is 9.54. The van der Waals surface area contributed by atoms with Gasteiger partial charge < -0.3 is 14.9 Å². The number of hydrogen-bond donors (Lipinski definition) is 1. The van der Waals surface area contributed by atoms with Crippen molar-refractivity contribution in [1.29, 1.82) is 0 Å². The number of rotatable bonds is 8. The van der Waals surface area contributed by atoms with Crippen LogP contribution in [0, 0.1) is 30.1 Å². The van der Waals surface area contributed by atoms with Gasteiger partial charge in [0.15, 0.2) is 10.9 Å². The van der Waals surface area contributed by atoms with Gasteiger partial charge in [0.05, 0.1) is 21.2 Å². The number of carbonyl (C=O) groups excluding carboxylic acids is 2. The van der Waals surface area contributed by atoms with Crippen LogP contribution >= 0.6 is 55.6 Å². The summed E-state index contributed by atoms with van der Waals surface area (Å²) >= 11 is 9.01. The third-order valence-corrected chi connectivity index (χ3v) is 11.5. The van der Waals surface area contributed by atoms with Gasteiger partial charge in [-0.2, -0.15) is 0 Å². The quantitative estimate of drug-likeness (QED) is 0.172. The molecule has 3 aliphatic rings. The Hall–Kier alpha value is -1.53. The molecule has 8 nitrogen and oxygen atoms in total. The number of likely N-dealkylation sites (N-methyl/N-ethyl adjacent to an activating group) is 1. The normalized spacial score (nSPS) is 27.1. The van der Waals surface area contributed by atoms with Gasteiger partial charge in [0.25, 0.3) is 0 Å². The Morgan fingerprint density at radius 2 is 2.05 bits per heavy atom. The number of hydrogen-bond acceptors (Lipinski definition) is 8. The lowest BCUT2D eigenvalue weighted by Crippen LogP contribution is -2.44. The molecule has 12 heteroatoms. The van der Waals surface area contributed by atoms with Gasteiger partial charge in [-0.05, 0) is 132 Å². The number of ether oxygens (including phenoxy) is 1. The minimum atomic E-state index is -0.286. The summed E-state index contributed by atoms with van der Waals surface area (Å²) in [7, 11) is 5.33. The van der Waals surface area contributed by atoms with E-state index in [0.29, 0.717) is 41.0 Å². The first-order valence-electron chi connectivity index (χ1n) is 14.2. The number of esters is 1. The van der Waals surface area contributed by atoms with Gasteiger partial charge >= 0.3 is 5.97 Å². The first-order chi connectivity index (χ1) is 19.5. The van der Waals surface area contributed by atoms with Crippen LogP contribution in [0.15, 0.2) is 26.4 Å². The van der Waals surface area contributed by atoms with Crippen molar-refractivity contribution in [3.63, 3.8) is 0 Å². The van der Waals surface area contributed by atoms with Crippen LogP contribution in [0.25, 0.3) is 0 Å². The van der Waals surface area contributed by atoms with E-state index in [0.717, 1.165) is 58.1 Å². The first kappa shape index (κ1) is 33.4. The average Bonchev–Trinajstić information content (AvgIpc) is 3.44. The zero-order valence-corrected chi connectivity index (χ0v) is 29.5. The molecule has 230 valence electrons. The summed E-state index contributed by atoms with van der Waals surface area (Å²) in [4.78, 5) is 37.8. The fourth-order valence-corrected chi connectivity index (χ4v) is 9.83. The van der Waals surface area contributed by atoms with Crippen molar-refractivity contribution >= 4 is 78.3 Å². The molecule has 3 unspecified atom stereocenters. The van der Waals surface area contributed by atoms with Gasteiger partial charge in [-0.1, -0.05) is 12.1 Å². The molecule has 1 heterocycles. The Morgan fingerprint density at radius 3 is 2.71 bits per heavy atom. The fourth-order valence-electron chi connectivity index (χ4n) is 7.64. The summed E-state index contributed by atoms with van der Waals surface area (Å²) in [6, 6.07) is 2.18. The van der Waals surface area contributed by atoms with Gasteiger partial charge in [-0.3, -0.25) is 14.5 Å². The smallest absolute Gasteiger partial charge is 0.325 e. The van der Waals surface area contributed by atoms with Crippen LogP contribution in [0.4, 0.5) is 5.13 Å². The molecule has 42 heavy (non-hydrogen) atoms. The number of thiazole rings is 1. The number of aromatic nitrogens is 1.